The number of hydrogen-bond donors (Lipinski definition) is 3. The predicted octanol–water partition coefficient (Wildman–Crippen LogP) is -0.531. The zero-order valence-corrected chi connectivity index (χ0v) is 7.33. The summed E-state index contributed by atoms with van der Waals surface area (Å²) in [5, 5.41) is 8.34. The van der Waals surface area contributed by atoms with Crippen molar-refractivity contribution in [2.24, 2.45) is 0 Å². The fraction of sp³-hybridized carbons (Fsp3) is 0.125. The van der Waals surface area contributed by atoms with Crippen LogP contribution in [0.1, 0.15) is 11.3 Å². The highest BCUT2D eigenvalue weighted by atomic mass is 16.4. The normalized spacial score (nSPS) is 10.6. The van der Waals surface area contributed by atoms with E-state index in [-0.39, 0.29) is 5.56 Å². The summed E-state index contributed by atoms with van der Waals surface area (Å²) in [6.45, 7) is 1.51. The highest BCUT2D eigenvalue weighted by Crippen LogP contribution is 1.97. The number of H-pyrrole nitrogens is 2. The second-order valence-corrected chi connectivity index (χ2v) is 2.62. The minimum absolute atomic E-state index is 0.131. The first kappa shape index (κ1) is 9.97. The van der Waals surface area contributed by atoms with Crippen molar-refractivity contribution in [3.63, 3.8) is 0 Å². The molecule has 0 bridgehead atoms. The molecular weight excluding hydrogens is 188 g/mol. The molecule has 74 valence electrons. The molecule has 6 heteroatoms. The first-order valence-electron chi connectivity index (χ1n) is 3.75. The fourth-order valence-electron chi connectivity index (χ4n) is 0.965. The molecule has 0 amide bonds. The Kier molecular flexibility index (Phi) is 2.66. The van der Waals surface area contributed by atoms with Crippen LogP contribution in [0.25, 0.3) is 6.08 Å². The quantitative estimate of drug-likeness (QED) is 0.553. The molecule has 1 rings (SSSR count). The van der Waals surface area contributed by atoms with Gasteiger partial charge in [-0.3, -0.25) is 9.78 Å². The molecule has 0 radical (unpaired) electrons. The molecule has 1 aromatic rings. The van der Waals surface area contributed by atoms with Crippen LogP contribution in [0.3, 0.4) is 0 Å². The van der Waals surface area contributed by atoms with Gasteiger partial charge in [-0.2, -0.15) is 0 Å². The summed E-state index contributed by atoms with van der Waals surface area (Å²) in [7, 11) is 0. The molecular formula is C8H8N2O4. The monoisotopic (exact) mass is 196 g/mol. The third-order valence-corrected chi connectivity index (χ3v) is 1.57. The Morgan fingerprint density at radius 2 is 2.00 bits per heavy atom. The summed E-state index contributed by atoms with van der Waals surface area (Å²) in [6, 6.07) is 0. The molecule has 0 aliphatic carbocycles. The number of carboxylic acids is 1. The van der Waals surface area contributed by atoms with Crippen molar-refractivity contribution in [1.82, 2.24) is 9.97 Å². The first-order chi connectivity index (χ1) is 6.50. The maximum Gasteiger partial charge on any atom is 0.328 e. The molecule has 0 aliphatic heterocycles. The van der Waals surface area contributed by atoms with Gasteiger partial charge >= 0.3 is 11.7 Å². The number of aromatic amines is 2. The summed E-state index contributed by atoms with van der Waals surface area (Å²) in [4.78, 5) is 36.4. The van der Waals surface area contributed by atoms with Crippen molar-refractivity contribution >= 4 is 12.0 Å². The van der Waals surface area contributed by atoms with Gasteiger partial charge < -0.3 is 10.1 Å². The number of carbonyl (C=O) groups is 1. The zero-order chi connectivity index (χ0) is 10.7. The van der Waals surface area contributed by atoms with E-state index < -0.39 is 17.2 Å². The average Bonchev–Trinajstić information content (AvgIpc) is 2.01. The van der Waals surface area contributed by atoms with Gasteiger partial charge in [0.2, 0.25) is 0 Å². The van der Waals surface area contributed by atoms with Crippen LogP contribution in [0.2, 0.25) is 0 Å². The number of aryl methyl sites for hydroxylation is 1. The average molecular weight is 196 g/mol. The van der Waals surface area contributed by atoms with Crippen LogP contribution >= 0.6 is 0 Å². The van der Waals surface area contributed by atoms with E-state index in [1.807, 2.05) is 4.98 Å². The van der Waals surface area contributed by atoms with E-state index in [4.69, 9.17) is 5.11 Å². The number of nitrogens with one attached hydrogen (secondary N) is 2. The number of carboxylic acid groups (broad SMARTS) is 1. The van der Waals surface area contributed by atoms with Gasteiger partial charge in [0.1, 0.15) is 0 Å². The van der Waals surface area contributed by atoms with Gasteiger partial charge in [0, 0.05) is 11.8 Å². The molecule has 0 saturated heterocycles. The van der Waals surface area contributed by atoms with Crippen molar-refractivity contribution in [3.8, 4) is 0 Å². The maximum absolute atomic E-state index is 11.2. The van der Waals surface area contributed by atoms with Gasteiger partial charge in [0.25, 0.3) is 5.56 Å². The van der Waals surface area contributed by atoms with Crippen molar-refractivity contribution in [3.05, 3.63) is 38.2 Å². The Hall–Kier alpha value is -2.11. The Balaban J connectivity index is 3.29. The minimum Gasteiger partial charge on any atom is -0.478 e. The third kappa shape index (κ3) is 2.19. The molecule has 0 unspecified atom stereocenters. The predicted molar refractivity (Wildman–Crippen MR) is 49.1 cm³/mol. The second kappa shape index (κ2) is 3.73. The molecule has 0 fully saturated rings. The second-order valence-electron chi connectivity index (χ2n) is 2.62. The van der Waals surface area contributed by atoms with E-state index in [2.05, 4.69) is 4.98 Å². The smallest absolute Gasteiger partial charge is 0.328 e. The van der Waals surface area contributed by atoms with Crippen molar-refractivity contribution < 1.29 is 9.90 Å². The largest absolute Gasteiger partial charge is 0.478 e. The summed E-state index contributed by atoms with van der Waals surface area (Å²) >= 11 is 0. The number of aliphatic carboxylic acids is 1. The molecule has 0 aromatic carbocycles. The van der Waals surface area contributed by atoms with E-state index in [1.54, 1.807) is 0 Å². The lowest BCUT2D eigenvalue weighted by atomic mass is 10.2. The van der Waals surface area contributed by atoms with Crippen LogP contribution in [0.4, 0.5) is 0 Å². The summed E-state index contributed by atoms with van der Waals surface area (Å²) in [5.74, 6) is -1.16. The van der Waals surface area contributed by atoms with Gasteiger partial charge in [0.05, 0.1) is 5.56 Å². The van der Waals surface area contributed by atoms with E-state index in [0.29, 0.717) is 5.69 Å². The van der Waals surface area contributed by atoms with Gasteiger partial charge in [-0.1, -0.05) is 0 Å². The Bertz CT molecular complexity index is 495. The van der Waals surface area contributed by atoms with E-state index in [1.165, 1.54) is 6.92 Å². The van der Waals surface area contributed by atoms with Crippen LogP contribution in [0.15, 0.2) is 15.7 Å². The van der Waals surface area contributed by atoms with E-state index in [9.17, 15) is 14.4 Å². The van der Waals surface area contributed by atoms with Gasteiger partial charge in [0.15, 0.2) is 0 Å². The Morgan fingerprint density at radius 3 is 2.50 bits per heavy atom. The molecule has 14 heavy (non-hydrogen) atoms. The van der Waals surface area contributed by atoms with Crippen molar-refractivity contribution in [2.45, 2.75) is 6.92 Å². The van der Waals surface area contributed by atoms with Crippen molar-refractivity contribution in [2.75, 3.05) is 0 Å². The lowest BCUT2D eigenvalue weighted by Gasteiger charge is -1.96. The van der Waals surface area contributed by atoms with Crippen LogP contribution in [0, 0.1) is 6.92 Å². The van der Waals surface area contributed by atoms with Gasteiger partial charge in [-0.05, 0) is 13.0 Å². The van der Waals surface area contributed by atoms with Gasteiger partial charge in [-0.25, -0.2) is 9.59 Å². The van der Waals surface area contributed by atoms with Gasteiger partial charge in [-0.15, -0.1) is 0 Å². The number of aromatic nitrogens is 2. The Labute approximate surface area is 77.9 Å². The lowest BCUT2D eigenvalue weighted by molar-refractivity contribution is -0.131. The Morgan fingerprint density at radius 1 is 1.36 bits per heavy atom. The highest BCUT2D eigenvalue weighted by Gasteiger charge is 2.01. The topological polar surface area (TPSA) is 103 Å². The molecule has 0 saturated carbocycles. The van der Waals surface area contributed by atoms with E-state index >= 15 is 0 Å². The molecule has 1 aromatic heterocycles. The summed E-state index contributed by atoms with van der Waals surface area (Å²) in [5.41, 5.74) is -0.757. The minimum atomic E-state index is -1.16. The van der Waals surface area contributed by atoms with Crippen molar-refractivity contribution in [1.29, 1.82) is 0 Å². The SMILES string of the molecule is Cc1[nH]c(=O)[nH]c(=O)c1/C=C/C(=O)O. The number of rotatable bonds is 2. The van der Waals surface area contributed by atoms with Crippen LogP contribution in [0.5, 0.6) is 0 Å². The molecule has 0 atom stereocenters. The van der Waals surface area contributed by atoms with Crippen LogP contribution in [-0.4, -0.2) is 21.0 Å². The fourth-order valence-corrected chi connectivity index (χ4v) is 0.965. The summed E-state index contributed by atoms with van der Waals surface area (Å²) in [6.07, 6.45) is 1.96. The molecule has 6 nitrogen and oxygen atoms in total. The van der Waals surface area contributed by atoms with E-state index in [0.717, 1.165) is 12.2 Å². The molecule has 3 N–H and O–H groups in total. The number of hydrogen-bond acceptors (Lipinski definition) is 3. The van der Waals surface area contributed by atoms with Crippen LogP contribution < -0.4 is 11.2 Å². The standard InChI is InChI=1S/C8H8N2O4/c1-4-5(2-3-6(11)12)7(13)10-8(14)9-4/h2-3H,1H3,(H,11,12)(H2,9,10,13,14)/b3-2+. The lowest BCUT2D eigenvalue weighted by Crippen LogP contribution is -2.25. The first-order valence-corrected chi connectivity index (χ1v) is 3.75. The third-order valence-electron chi connectivity index (χ3n) is 1.57. The molecule has 0 aliphatic rings. The maximum atomic E-state index is 11.2. The zero-order valence-electron chi connectivity index (χ0n) is 7.33. The molecule has 1 heterocycles. The van der Waals surface area contributed by atoms with Crippen LogP contribution in [-0.2, 0) is 4.79 Å². The summed E-state index contributed by atoms with van der Waals surface area (Å²) < 4.78 is 0. The highest BCUT2D eigenvalue weighted by molar-refractivity contribution is 5.85. The molecule has 0 spiro atoms.